The number of aromatic nitrogens is 1. The van der Waals surface area contributed by atoms with Crippen molar-refractivity contribution in [3.63, 3.8) is 0 Å². The minimum absolute atomic E-state index is 0.0637. The maximum Gasteiger partial charge on any atom is 0.232 e. The third-order valence-electron chi connectivity index (χ3n) is 4.46. The molecule has 2 amide bonds. The number of nitrogens with one attached hydrogen (secondary N) is 1. The lowest BCUT2D eigenvalue weighted by atomic mass is 9.97. The first-order valence-corrected chi connectivity index (χ1v) is 10.7. The van der Waals surface area contributed by atoms with Crippen LogP contribution >= 0.6 is 27.7 Å². The SMILES string of the molecule is Cc1cccc(NC(=O)C2CCCN(C(=O)CSc3ccc(Br)cc3)C2)n1. The fourth-order valence-corrected chi connectivity index (χ4v) is 4.09. The van der Waals surface area contributed by atoms with Crippen LogP contribution in [0.2, 0.25) is 0 Å². The molecule has 0 aliphatic carbocycles. The maximum atomic E-state index is 12.6. The standard InChI is InChI=1S/C20H22BrN3O2S/c1-14-4-2-6-18(22-14)23-20(26)15-5-3-11-24(12-15)19(25)13-27-17-9-7-16(21)8-10-17/h2,4,6-10,15H,3,5,11-13H2,1H3,(H,22,23,26). The van der Waals surface area contributed by atoms with Gasteiger partial charge in [-0.25, -0.2) is 4.98 Å². The fourth-order valence-electron chi connectivity index (χ4n) is 3.03. The molecule has 0 saturated carbocycles. The van der Waals surface area contributed by atoms with Crippen molar-refractivity contribution in [2.45, 2.75) is 24.7 Å². The van der Waals surface area contributed by atoms with Crippen LogP contribution in [-0.4, -0.2) is 40.5 Å². The number of piperidine rings is 1. The Morgan fingerprint density at radius 1 is 1.26 bits per heavy atom. The zero-order valence-electron chi connectivity index (χ0n) is 15.2. The lowest BCUT2D eigenvalue weighted by Crippen LogP contribution is -2.44. The van der Waals surface area contributed by atoms with Crippen molar-refractivity contribution in [3.8, 4) is 0 Å². The summed E-state index contributed by atoms with van der Waals surface area (Å²) in [6.07, 6.45) is 1.63. The lowest BCUT2D eigenvalue weighted by molar-refractivity contribution is -0.132. The topological polar surface area (TPSA) is 62.3 Å². The van der Waals surface area contributed by atoms with Gasteiger partial charge in [0, 0.05) is 28.2 Å². The molecule has 27 heavy (non-hydrogen) atoms. The third-order valence-corrected chi connectivity index (χ3v) is 5.99. The zero-order valence-corrected chi connectivity index (χ0v) is 17.6. The molecule has 2 aromatic rings. The molecular weight excluding hydrogens is 426 g/mol. The Morgan fingerprint density at radius 2 is 2.04 bits per heavy atom. The predicted octanol–water partition coefficient (Wildman–Crippen LogP) is 4.12. The van der Waals surface area contributed by atoms with E-state index in [2.05, 4.69) is 26.2 Å². The van der Waals surface area contributed by atoms with Crippen molar-refractivity contribution in [3.05, 3.63) is 52.6 Å². The van der Waals surface area contributed by atoms with Gasteiger partial charge in [-0.2, -0.15) is 0 Å². The summed E-state index contributed by atoms with van der Waals surface area (Å²) in [6, 6.07) is 13.5. The van der Waals surface area contributed by atoms with Gasteiger partial charge in [-0.15, -0.1) is 11.8 Å². The fraction of sp³-hybridized carbons (Fsp3) is 0.350. The van der Waals surface area contributed by atoms with Crippen LogP contribution in [0, 0.1) is 12.8 Å². The molecule has 0 radical (unpaired) electrons. The van der Waals surface area contributed by atoms with Gasteiger partial charge in [-0.05, 0) is 56.2 Å². The molecule has 1 aliphatic heterocycles. The lowest BCUT2D eigenvalue weighted by Gasteiger charge is -2.32. The molecule has 1 atom stereocenters. The first-order chi connectivity index (χ1) is 13.0. The first kappa shape index (κ1) is 19.9. The Hall–Kier alpha value is -1.86. The summed E-state index contributed by atoms with van der Waals surface area (Å²) in [5, 5.41) is 2.88. The van der Waals surface area contributed by atoms with Crippen molar-refractivity contribution >= 4 is 45.3 Å². The van der Waals surface area contributed by atoms with E-state index in [0.29, 0.717) is 24.7 Å². The van der Waals surface area contributed by atoms with Gasteiger partial charge >= 0.3 is 0 Å². The number of thioether (sulfide) groups is 1. The molecule has 1 saturated heterocycles. The first-order valence-electron chi connectivity index (χ1n) is 8.92. The van der Waals surface area contributed by atoms with Crippen molar-refractivity contribution in [2.24, 2.45) is 5.92 Å². The number of carbonyl (C=O) groups excluding carboxylic acids is 2. The molecule has 1 N–H and O–H groups in total. The number of hydrogen-bond donors (Lipinski definition) is 1. The number of pyridine rings is 1. The number of aryl methyl sites for hydroxylation is 1. The average Bonchev–Trinajstić information content (AvgIpc) is 2.67. The zero-order chi connectivity index (χ0) is 19.2. The van der Waals surface area contributed by atoms with Crippen molar-refractivity contribution in [1.29, 1.82) is 0 Å². The molecular formula is C20H22BrN3O2S. The van der Waals surface area contributed by atoms with Crippen LogP contribution in [0.1, 0.15) is 18.5 Å². The smallest absolute Gasteiger partial charge is 0.232 e. The van der Waals surface area contributed by atoms with Crippen LogP contribution in [0.25, 0.3) is 0 Å². The number of nitrogens with zero attached hydrogens (tertiary/aromatic N) is 2. The summed E-state index contributed by atoms with van der Waals surface area (Å²) in [7, 11) is 0. The van der Waals surface area contributed by atoms with Gasteiger partial charge in [-0.3, -0.25) is 9.59 Å². The van der Waals surface area contributed by atoms with Gasteiger partial charge in [-0.1, -0.05) is 22.0 Å². The highest BCUT2D eigenvalue weighted by molar-refractivity contribution is 9.10. The van der Waals surface area contributed by atoms with Crippen molar-refractivity contribution in [1.82, 2.24) is 9.88 Å². The van der Waals surface area contributed by atoms with Crippen LogP contribution < -0.4 is 5.32 Å². The minimum atomic E-state index is -0.192. The molecule has 0 spiro atoms. The summed E-state index contributed by atoms with van der Waals surface area (Å²) >= 11 is 4.93. The Bertz CT molecular complexity index is 813. The van der Waals surface area contributed by atoms with E-state index in [1.807, 2.05) is 48.2 Å². The molecule has 2 heterocycles. The van der Waals surface area contributed by atoms with E-state index in [1.54, 1.807) is 6.07 Å². The number of halogens is 1. The summed E-state index contributed by atoms with van der Waals surface area (Å²) < 4.78 is 1.02. The summed E-state index contributed by atoms with van der Waals surface area (Å²) in [6.45, 7) is 3.07. The molecule has 0 bridgehead atoms. The van der Waals surface area contributed by atoms with E-state index in [0.717, 1.165) is 27.9 Å². The average molecular weight is 448 g/mol. The van der Waals surface area contributed by atoms with E-state index in [9.17, 15) is 9.59 Å². The molecule has 1 aliphatic rings. The van der Waals surface area contributed by atoms with Gasteiger partial charge in [0.05, 0.1) is 11.7 Å². The van der Waals surface area contributed by atoms with Crippen LogP contribution in [0.3, 0.4) is 0 Å². The highest BCUT2D eigenvalue weighted by Crippen LogP contribution is 2.23. The highest BCUT2D eigenvalue weighted by atomic mass is 79.9. The van der Waals surface area contributed by atoms with Crippen LogP contribution in [-0.2, 0) is 9.59 Å². The van der Waals surface area contributed by atoms with Gasteiger partial charge in [0.25, 0.3) is 0 Å². The summed E-state index contributed by atoms with van der Waals surface area (Å²) in [5.41, 5.74) is 0.859. The van der Waals surface area contributed by atoms with Crippen molar-refractivity contribution in [2.75, 3.05) is 24.2 Å². The van der Waals surface area contributed by atoms with Gasteiger partial charge in [0.2, 0.25) is 11.8 Å². The van der Waals surface area contributed by atoms with E-state index < -0.39 is 0 Å². The molecule has 3 rings (SSSR count). The van der Waals surface area contributed by atoms with E-state index in [-0.39, 0.29) is 17.7 Å². The Balaban J connectivity index is 1.52. The predicted molar refractivity (Wildman–Crippen MR) is 112 cm³/mol. The molecule has 142 valence electrons. The second-order valence-electron chi connectivity index (χ2n) is 6.57. The second-order valence-corrected chi connectivity index (χ2v) is 8.54. The number of hydrogen-bond acceptors (Lipinski definition) is 4. The van der Waals surface area contributed by atoms with Crippen LogP contribution in [0.4, 0.5) is 5.82 Å². The van der Waals surface area contributed by atoms with E-state index >= 15 is 0 Å². The molecule has 1 unspecified atom stereocenters. The van der Waals surface area contributed by atoms with Gasteiger partial charge in [0.15, 0.2) is 0 Å². The largest absolute Gasteiger partial charge is 0.341 e. The van der Waals surface area contributed by atoms with Gasteiger partial charge < -0.3 is 10.2 Å². The number of amides is 2. The Labute approximate surface area is 172 Å². The number of carbonyl (C=O) groups is 2. The number of anilines is 1. The number of benzene rings is 1. The third kappa shape index (κ3) is 5.81. The summed E-state index contributed by atoms with van der Waals surface area (Å²) in [4.78, 5) is 32.3. The molecule has 5 nitrogen and oxygen atoms in total. The minimum Gasteiger partial charge on any atom is -0.341 e. The van der Waals surface area contributed by atoms with Crippen LogP contribution in [0.15, 0.2) is 51.8 Å². The molecule has 1 aromatic heterocycles. The Morgan fingerprint density at radius 3 is 2.78 bits per heavy atom. The Kier molecular flexibility index (Phi) is 6.90. The highest BCUT2D eigenvalue weighted by Gasteiger charge is 2.28. The normalized spacial score (nSPS) is 16.8. The van der Waals surface area contributed by atoms with Crippen molar-refractivity contribution < 1.29 is 9.59 Å². The van der Waals surface area contributed by atoms with E-state index in [4.69, 9.17) is 0 Å². The second kappa shape index (κ2) is 9.37. The monoisotopic (exact) mass is 447 g/mol. The number of likely N-dealkylation sites (tertiary alicyclic amines) is 1. The summed E-state index contributed by atoms with van der Waals surface area (Å²) in [5.74, 6) is 0.771. The maximum absolute atomic E-state index is 12.6. The number of rotatable bonds is 5. The van der Waals surface area contributed by atoms with Gasteiger partial charge in [0.1, 0.15) is 5.82 Å². The molecule has 7 heteroatoms. The quantitative estimate of drug-likeness (QED) is 0.700. The molecule has 1 fully saturated rings. The van der Waals surface area contributed by atoms with E-state index in [1.165, 1.54) is 11.8 Å². The molecule has 1 aromatic carbocycles. The van der Waals surface area contributed by atoms with Crippen LogP contribution in [0.5, 0.6) is 0 Å².